The third-order valence-electron chi connectivity index (χ3n) is 4.31. The predicted octanol–water partition coefficient (Wildman–Crippen LogP) is 4.82. The van der Waals surface area contributed by atoms with Gasteiger partial charge in [-0.3, -0.25) is 4.79 Å². The number of aryl methyl sites for hydroxylation is 2. The molecule has 1 N–H and O–H groups in total. The molecule has 0 aromatic heterocycles. The van der Waals surface area contributed by atoms with Crippen LogP contribution in [0.5, 0.6) is 0 Å². The molecule has 0 heterocycles. The van der Waals surface area contributed by atoms with Crippen molar-refractivity contribution in [3.63, 3.8) is 0 Å². The second-order valence-corrected chi connectivity index (χ2v) is 6.03. The molecule has 0 fully saturated rings. The van der Waals surface area contributed by atoms with Crippen LogP contribution in [0.3, 0.4) is 0 Å². The van der Waals surface area contributed by atoms with E-state index >= 15 is 0 Å². The highest BCUT2D eigenvalue weighted by Crippen LogP contribution is 2.22. The van der Waals surface area contributed by atoms with E-state index in [1.807, 2.05) is 92.7 Å². The molecular weight excluding hydrogens is 294 g/mol. The lowest BCUT2D eigenvalue weighted by molar-refractivity contribution is 0.0943. The number of rotatable bonds is 4. The molecule has 24 heavy (non-hydrogen) atoms. The van der Waals surface area contributed by atoms with Crippen molar-refractivity contribution in [2.75, 3.05) is 0 Å². The van der Waals surface area contributed by atoms with Crippen LogP contribution in [0.2, 0.25) is 0 Å². The van der Waals surface area contributed by atoms with Crippen LogP contribution in [0.1, 0.15) is 38.7 Å². The first kappa shape index (κ1) is 16.0. The molecule has 0 aliphatic heterocycles. The highest BCUT2D eigenvalue weighted by molar-refractivity contribution is 5.95. The molecule has 0 saturated carbocycles. The molecular formula is C22H21NO. The van der Waals surface area contributed by atoms with Gasteiger partial charge in [-0.25, -0.2) is 0 Å². The van der Waals surface area contributed by atoms with Gasteiger partial charge in [0.05, 0.1) is 6.04 Å². The Morgan fingerprint density at radius 1 is 0.750 bits per heavy atom. The van der Waals surface area contributed by atoms with Crippen molar-refractivity contribution in [2.45, 2.75) is 19.9 Å². The van der Waals surface area contributed by atoms with Crippen LogP contribution >= 0.6 is 0 Å². The molecule has 120 valence electrons. The maximum Gasteiger partial charge on any atom is 0.252 e. The van der Waals surface area contributed by atoms with E-state index in [1.165, 1.54) is 5.56 Å². The molecule has 0 spiro atoms. The van der Waals surface area contributed by atoms with Crippen LogP contribution in [0.15, 0.2) is 78.9 Å². The highest BCUT2D eigenvalue weighted by atomic mass is 16.1. The Morgan fingerprint density at radius 3 is 1.79 bits per heavy atom. The average Bonchev–Trinajstić information content (AvgIpc) is 2.63. The number of nitrogens with one attached hydrogen (secondary N) is 1. The Hall–Kier alpha value is -2.87. The summed E-state index contributed by atoms with van der Waals surface area (Å²) in [5, 5.41) is 3.17. The molecule has 3 rings (SSSR count). The number of amides is 1. The SMILES string of the molecule is Cc1ccc(C(=O)NC(c2ccccc2)c2ccccc2)cc1C. The van der Waals surface area contributed by atoms with Crippen LogP contribution in [-0.2, 0) is 0 Å². The average molecular weight is 315 g/mol. The van der Waals surface area contributed by atoms with Crippen molar-refractivity contribution in [1.29, 1.82) is 0 Å². The Kier molecular flexibility index (Phi) is 4.76. The normalized spacial score (nSPS) is 10.6. The van der Waals surface area contributed by atoms with Gasteiger partial charge in [0.25, 0.3) is 5.91 Å². The van der Waals surface area contributed by atoms with Crippen LogP contribution in [-0.4, -0.2) is 5.91 Å². The summed E-state index contributed by atoms with van der Waals surface area (Å²) >= 11 is 0. The lowest BCUT2D eigenvalue weighted by atomic mass is 9.98. The molecule has 0 saturated heterocycles. The summed E-state index contributed by atoms with van der Waals surface area (Å²) in [6.45, 7) is 4.08. The highest BCUT2D eigenvalue weighted by Gasteiger charge is 2.17. The van der Waals surface area contributed by atoms with Gasteiger partial charge in [0, 0.05) is 5.56 Å². The van der Waals surface area contributed by atoms with E-state index in [0.717, 1.165) is 16.7 Å². The standard InChI is InChI=1S/C22H21NO/c1-16-13-14-20(15-17(16)2)22(24)23-21(18-9-5-3-6-10-18)19-11-7-4-8-12-19/h3-15,21H,1-2H3,(H,23,24). The number of benzene rings is 3. The number of carbonyl (C=O) groups excluding carboxylic acids is 1. The molecule has 3 aromatic carbocycles. The Labute approximate surface area is 143 Å². The summed E-state index contributed by atoms with van der Waals surface area (Å²) < 4.78 is 0. The molecule has 3 aromatic rings. The van der Waals surface area contributed by atoms with E-state index in [-0.39, 0.29) is 11.9 Å². The van der Waals surface area contributed by atoms with E-state index in [0.29, 0.717) is 5.56 Å². The van der Waals surface area contributed by atoms with Crippen LogP contribution < -0.4 is 5.32 Å². The van der Waals surface area contributed by atoms with Gasteiger partial charge in [-0.15, -0.1) is 0 Å². The zero-order valence-electron chi connectivity index (χ0n) is 14.0. The number of carbonyl (C=O) groups is 1. The van der Waals surface area contributed by atoms with Crippen LogP contribution in [0.25, 0.3) is 0 Å². The van der Waals surface area contributed by atoms with Crippen LogP contribution in [0, 0.1) is 13.8 Å². The molecule has 0 bridgehead atoms. The lowest BCUT2D eigenvalue weighted by Crippen LogP contribution is -2.29. The van der Waals surface area contributed by atoms with Crippen LogP contribution in [0.4, 0.5) is 0 Å². The molecule has 2 heteroatoms. The van der Waals surface area contributed by atoms with Gasteiger partial charge in [-0.1, -0.05) is 66.7 Å². The number of hydrogen-bond donors (Lipinski definition) is 1. The largest absolute Gasteiger partial charge is 0.341 e. The molecule has 0 unspecified atom stereocenters. The monoisotopic (exact) mass is 315 g/mol. The molecule has 2 nitrogen and oxygen atoms in total. The first-order valence-corrected chi connectivity index (χ1v) is 8.13. The van der Waals surface area contributed by atoms with Crippen molar-refractivity contribution < 1.29 is 4.79 Å². The van der Waals surface area contributed by atoms with Crippen molar-refractivity contribution in [1.82, 2.24) is 5.32 Å². The summed E-state index contributed by atoms with van der Waals surface area (Å²) in [5.41, 5.74) is 5.14. The molecule has 0 aliphatic rings. The second kappa shape index (κ2) is 7.14. The van der Waals surface area contributed by atoms with Gasteiger partial charge in [-0.2, -0.15) is 0 Å². The third-order valence-corrected chi connectivity index (χ3v) is 4.31. The molecule has 0 aliphatic carbocycles. The van der Waals surface area contributed by atoms with Crippen molar-refractivity contribution in [2.24, 2.45) is 0 Å². The van der Waals surface area contributed by atoms with Gasteiger partial charge in [0.15, 0.2) is 0 Å². The zero-order chi connectivity index (χ0) is 16.9. The quantitative estimate of drug-likeness (QED) is 0.734. The van der Waals surface area contributed by atoms with Gasteiger partial charge >= 0.3 is 0 Å². The predicted molar refractivity (Wildman–Crippen MR) is 98.1 cm³/mol. The smallest absolute Gasteiger partial charge is 0.252 e. The Balaban J connectivity index is 1.92. The number of hydrogen-bond acceptors (Lipinski definition) is 1. The van der Waals surface area contributed by atoms with Gasteiger partial charge < -0.3 is 5.32 Å². The molecule has 0 radical (unpaired) electrons. The minimum Gasteiger partial charge on any atom is -0.341 e. The zero-order valence-corrected chi connectivity index (χ0v) is 14.0. The van der Waals surface area contributed by atoms with Gasteiger partial charge in [-0.05, 0) is 48.2 Å². The minimum absolute atomic E-state index is 0.0594. The second-order valence-electron chi connectivity index (χ2n) is 6.03. The summed E-state index contributed by atoms with van der Waals surface area (Å²) in [5.74, 6) is -0.0594. The Bertz CT molecular complexity index is 786. The third kappa shape index (κ3) is 3.54. The van der Waals surface area contributed by atoms with Crippen molar-refractivity contribution in [3.05, 3.63) is 107 Å². The minimum atomic E-state index is -0.165. The van der Waals surface area contributed by atoms with Gasteiger partial charge in [0.2, 0.25) is 0 Å². The van der Waals surface area contributed by atoms with E-state index in [2.05, 4.69) is 5.32 Å². The first-order chi connectivity index (χ1) is 11.6. The van der Waals surface area contributed by atoms with Crippen molar-refractivity contribution in [3.8, 4) is 0 Å². The molecule has 1 amide bonds. The van der Waals surface area contributed by atoms with Crippen molar-refractivity contribution >= 4 is 5.91 Å². The summed E-state index contributed by atoms with van der Waals surface area (Å²) in [7, 11) is 0. The fourth-order valence-electron chi connectivity index (χ4n) is 2.75. The maximum absolute atomic E-state index is 12.8. The Morgan fingerprint density at radius 2 is 1.29 bits per heavy atom. The maximum atomic E-state index is 12.8. The fraction of sp³-hybridized carbons (Fsp3) is 0.136. The summed E-state index contributed by atoms with van der Waals surface area (Å²) in [6, 6.07) is 25.7. The van der Waals surface area contributed by atoms with Gasteiger partial charge in [0.1, 0.15) is 0 Å². The molecule has 0 atom stereocenters. The summed E-state index contributed by atoms with van der Waals surface area (Å²) in [4.78, 5) is 12.8. The van der Waals surface area contributed by atoms with E-state index in [9.17, 15) is 4.79 Å². The fourth-order valence-corrected chi connectivity index (χ4v) is 2.75. The lowest BCUT2D eigenvalue weighted by Gasteiger charge is -2.20. The van der Waals surface area contributed by atoms with E-state index in [4.69, 9.17) is 0 Å². The van der Waals surface area contributed by atoms with E-state index in [1.54, 1.807) is 0 Å². The first-order valence-electron chi connectivity index (χ1n) is 8.13. The summed E-state index contributed by atoms with van der Waals surface area (Å²) in [6.07, 6.45) is 0. The van der Waals surface area contributed by atoms with E-state index < -0.39 is 0 Å². The topological polar surface area (TPSA) is 29.1 Å².